The number of benzene rings is 1. The number of aromatic nitrogens is 2. The molecule has 9 heteroatoms. The maximum absolute atomic E-state index is 11.4. The van der Waals surface area contributed by atoms with Crippen molar-refractivity contribution in [1.29, 1.82) is 0 Å². The Morgan fingerprint density at radius 1 is 1.44 bits per heavy atom. The van der Waals surface area contributed by atoms with Crippen LogP contribution in [0.1, 0.15) is 19.4 Å². The Bertz CT molecular complexity index is 888. The molecule has 1 aromatic heterocycles. The molecule has 9 nitrogen and oxygen atoms in total. The number of amides is 1. The van der Waals surface area contributed by atoms with Gasteiger partial charge < -0.3 is 15.0 Å². The van der Waals surface area contributed by atoms with Gasteiger partial charge >= 0.3 is 6.09 Å². The minimum atomic E-state index is -1.16. The van der Waals surface area contributed by atoms with Crippen LogP contribution in [0.3, 0.4) is 0 Å². The topological polar surface area (TPSA) is 127 Å². The number of carboxylic acid groups (broad SMARTS) is 1. The van der Waals surface area contributed by atoms with Crippen molar-refractivity contribution in [2.75, 3.05) is 0 Å². The lowest BCUT2D eigenvalue weighted by molar-refractivity contribution is -0.384. The van der Waals surface area contributed by atoms with E-state index in [4.69, 9.17) is 5.11 Å². The molecule has 0 saturated carbocycles. The standard InChI is InChI=1S/C16H18N4O5/c1-16(2,18-15(22)23)7-10-4-5-11(13(6-10)20(24)25)12-9-19(3)14(21)8-17-12/h4-6,8-9,18H,7H2,1-3H3,(H,22,23). The average Bonchev–Trinajstić information content (AvgIpc) is 2.48. The highest BCUT2D eigenvalue weighted by atomic mass is 16.6. The van der Waals surface area contributed by atoms with E-state index in [1.54, 1.807) is 26.0 Å². The van der Waals surface area contributed by atoms with Crippen LogP contribution >= 0.6 is 0 Å². The molecule has 0 atom stereocenters. The predicted octanol–water partition coefficient (Wildman–Crippen LogP) is 1.94. The Balaban J connectivity index is 2.44. The molecule has 1 heterocycles. The third-order valence-electron chi connectivity index (χ3n) is 3.60. The first-order chi connectivity index (χ1) is 11.6. The van der Waals surface area contributed by atoms with E-state index in [1.165, 1.54) is 23.9 Å². The molecule has 2 aromatic rings. The summed E-state index contributed by atoms with van der Waals surface area (Å²) < 4.78 is 1.29. The fraction of sp³-hybridized carbons (Fsp3) is 0.312. The summed E-state index contributed by atoms with van der Waals surface area (Å²) in [5.74, 6) is 0. The number of hydrogen-bond acceptors (Lipinski definition) is 5. The number of nitrogens with one attached hydrogen (secondary N) is 1. The minimum absolute atomic E-state index is 0.158. The molecule has 0 aliphatic carbocycles. The van der Waals surface area contributed by atoms with E-state index in [-0.39, 0.29) is 23.2 Å². The molecular formula is C16H18N4O5. The van der Waals surface area contributed by atoms with E-state index < -0.39 is 16.6 Å². The van der Waals surface area contributed by atoms with Gasteiger partial charge in [-0.25, -0.2) is 9.78 Å². The second-order valence-electron chi connectivity index (χ2n) is 6.32. The zero-order valence-electron chi connectivity index (χ0n) is 14.0. The summed E-state index contributed by atoms with van der Waals surface area (Å²) >= 11 is 0. The Kier molecular flexibility index (Phi) is 4.87. The van der Waals surface area contributed by atoms with Gasteiger partial charge in [-0.15, -0.1) is 0 Å². The molecule has 0 fully saturated rings. The van der Waals surface area contributed by atoms with Crippen LogP contribution in [0.4, 0.5) is 10.5 Å². The minimum Gasteiger partial charge on any atom is -0.465 e. The molecule has 1 aromatic carbocycles. The van der Waals surface area contributed by atoms with Gasteiger partial charge in [-0.3, -0.25) is 14.9 Å². The number of nitrogens with zero attached hydrogens (tertiary/aromatic N) is 3. The maximum atomic E-state index is 11.4. The Morgan fingerprint density at radius 2 is 2.12 bits per heavy atom. The molecule has 0 aliphatic heterocycles. The molecule has 132 valence electrons. The summed E-state index contributed by atoms with van der Waals surface area (Å²) in [5, 5.41) is 22.7. The summed E-state index contributed by atoms with van der Waals surface area (Å²) in [4.78, 5) is 37.1. The Hall–Kier alpha value is -3.23. The average molecular weight is 346 g/mol. The molecule has 0 unspecified atom stereocenters. The van der Waals surface area contributed by atoms with Gasteiger partial charge in [0.2, 0.25) is 0 Å². The van der Waals surface area contributed by atoms with Crippen molar-refractivity contribution in [3.8, 4) is 11.3 Å². The third-order valence-corrected chi connectivity index (χ3v) is 3.60. The van der Waals surface area contributed by atoms with Crippen molar-refractivity contribution >= 4 is 11.8 Å². The zero-order valence-corrected chi connectivity index (χ0v) is 14.0. The zero-order chi connectivity index (χ0) is 18.8. The first-order valence-electron chi connectivity index (χ1n) is 7.40. The Morgan fingerprint density at radius 3 is 2.68 bits per heavy atom. The van der Waals surface area contributed by atoms with Gasteiger partial charge in [0.15, 0.2) is 0 Å². The number of carbonyl (C=O) groups is 1. The lowest BCUT2D eigenvalue weighted by Crippen LogP contribution is -2.44. The summed E-state index contributed by atoms with van der Waals surface area (Å²) in [5.41, 5.74) is -0.0502. The van der Waals surface area contributed by atoms with Gasteiger partial charge in [-0.1, -0.05) is 6.07 Å². The molecule has 1 amide bonds. The van der Waals surface area contributed by atoms with Crippen molar-refractivity contribution in [2.45, 2.75) is 25.8 Å². The molecule has 2 rings (SSSR count). The molecule has 0 radical (unpaired) electrons. The van der Waals surface area contributed by atoms with E-state index >= 15 is 0 Å². The molecule has 0 saturated heterocycles. The predicted molar refractivity (Wildman–Crippen MR) is 90.5 cm³/mol. The van der Waals surface area contributed by atoms with Crippen LogP contribution in [0, 0.1) is 10.1 Å². The monoisotopic (exact) mass is 346 g/mol. The molecule has 25 heavy (non-hydrogen) atoms. The molecule has 0 bridgehead atoms. The maximum Gasteiger partial charge on any atom is 0.405 e. The van der Waals surface area contributed by atoms with Gasteiger partial charge in [-0.05, 0) is 31.9 Å². The molecular weight excluding hydrogens is 328 g/mol. The second kappa shape index (κ2) is 6.71. The van der Waals surface area contributed by atoms with Crippen LogP contribution in [0.25, 0.3) is 11.3 Å². The third kappa shape index (κ3) is 4.40. The summed E-state index contributed by atoms with van der Waals surface area (Å²) in [6.07, 6.45) is 1.65. The second-order valence-corrected chi connectivity index (χ2v) is 6.32. The van der Waals surface area contributed by atoms with Crippen LogP contribution < -0.4 is 10.9 Å². The highest BCUT2D eigenvalue weighted by Crippen LogP contribution is 2.30. The number of rotatable bonds is 5. The van der Waals surface area contributed by atoms with Crippen LogP contribution in [-0.4, -0.2) is 31.2 Å². The largest absolute Gasteiger partial charge is 0.465 e. The van der Waals surface area contributed by atoms with E-state index in [0.717, 1.165) is 6.20 Å². The van der Waals surface area contributed by atoms with Gasteiger partial charge in [-0.2, -0.15) is 0 Å². The van der Waals surface area contributed by atoms with E-state index in [0.29, 0.717) is 11.3 Å². The lowest BCUT2D eigenvalue weighted by Gasteiger charge is -2.24. The SMILES string of the molecule is Cn1cc(-c2ccc(CC(C)(C)NC(=O)O)cc2[N+](=O)[O-])ncc1=O. The number of nitro groups is 1. The Labute approximate surface area is 143 Å². The van der Waals surface area contributed by atoms with Crippen molar-refractivity contribution in [3.05, 3.63) is 56.6 Å². The van der Waals surface area contributed by atoms with E-state index in [1.807, 2.05) is 0 Å². The van der Waals surface area contributed by atoms with Gasteiger partial charge in [0.05, 0.1) is 22.4 Å². The highest BCUT2D eigenvalue weighted by Gasteiger charge is 2.23. The van der Waals surface area contributed by atoms with Crippen LogP contribution in [0.2, 0.25) is 0 Å². The smallest absolute Gasteiger partial charge is 0.405 e. The van der Waals surface area contributed by atoms with E-state index in [9.17, 15) is 19.7 Å². The normalized spacial score (nSPS) is 11.2. The summed E-state index contributed by atoms with van der Waals surface area (Å²) in [6, 6.07) is 4.63. The number of aryl methyl sites for hydroxylation is 1. The van der Waals surface area contributed by atoms with Gasteiger partial charge in [0.25, 0.3) is 11.2 Å². The summed E-state index contributed by atoms with van der Waals surface area (Å²) in [6.45, 7) is 3.38. The number of nitro benzene ring substituents is 1. The van der Waals surface area contributed by atoms with Crippen molar-refractivity contribution in [3.63, 3.8) is 0 Å². The quantitative estimate of drug-likeness (QED) is 0.629. The molecule has 2 N–H and O–H groups in total. The van der Waals surface area contributed by atoms with Gasteiger partial charge in [0.1, 0.15) is 0 Å². The van der Waals surface area contributed by atoms with Crippen molar-refractivity contribution in [2.24, 2.45) is 7.05 Å². The fourth-order valence-corrected chi connectivity index (χ4v) is 2.53. The molecule has 0 spiro atoms. The fourth-order valence-electron chi connectivity index (χ4n) is 2.53. The van der Waals surface area contributed by atoms with Crippen molar-refractivity contribution in [1.82, 2.24) is 14.9 Å². The lowest BCUT2D eigenvalue weighted by atomic mass is 9.93. The van der Waals surface area contributed by atoms with E-state index in [2.05, 4.69) is 10.3 Å². The van der Waals surface area contributed by atoms with Crippen LogP contribution in [0.15, 0.2) is 35.4 Å². The van der Waals surface area contributed by atoms with Crippen LogP contribution in [-0.2, 0) is 13.5 Å². The number of hydrogen-bond donors (Lipinski definition) is 2. The van der Waals surface area contributed by atoms with Crippen molar-refractivity contribution < 1.29 is 14.8 Å². The highest BCUT2D eigenvalue weighted by molar-refractivity contribution is 5.71. The van der Waals surface area contributed by atoms with Gasteiger partial charge in [0, 0.05) is 24.8 Å². The molecule has 0 aliphatic rings. The first kappa shape index (κ1) is 18.1. The van der Waals surface area contributed by atoms with Crippen LogP contribution in [0.5, 0.6) is 0 Å². The first-order valence-corrected chi connectivity index (χ1v) is 7.40. The summed E-state index contributed by atoms with van der Waals surface area (Å²) in [7, 11) is 1.54.